The van der Waals surface area contributed by atoms with E-state index < -0.39 is 11.7 Å². The van der Waals surface area contributed by atoms with Gasteiger partial charge in [-0.2, -0.15) is 18.3 Å². The predicted octanol–water partition coefficient (Wildman–Crippen LogP) is 6.77. The molecule has 4 aromatic rings. The van der Waals surface area contributed by atoms with Crippen molar-refractivity contribution >= 4 is 45.8 Å². The summed E-state index contributed by atoms with van der Waals surface area (Å²) < 4.78 is 42.8. The third kappa shape index (κ3) is 3.54. The van der Waals surface area contributed by atoms with Gasteiger partial charge in [0.25, 0.3) is 0 Å². The number of halogens is 6. The van der Waals surface area contributed by atoms with Crippen molar-refractivity contribution in [3.8, 4) is 16.9 Å². The maximum absolute atomic E-state index is 13.9. The van der Waals surface area contributed by atoms with Crippen molar-refractivity contribution in [1.29, 1.82) is 0 Å². The predicted molar refractivity (Wildman–Crippen MR) is 107 cm³/mol. The Morgan fingerprint density at radius 1 is 1.03 bits per heavy atom. The van der Waals surface area contributed by atoms with E-state index in [0.717, 1.165) is 6.07 Å². The van der Waals surface area contributed by atoms with Gasteiger partial charge in [-0.05, 0) is 37.3 Å². The van der Waals surface area contributed by atoms with Crippen LogP contribution >= 0.6 is 34.8 Å². The summed E-state index contributed by atoms with van der Waals surface area (Å²) in [6.45, 7) is 1.47. The zero-order valence-electron chi connectivity index (χ0n) is 14.6. The lowest BCUT2D eigenvalue weighted by Gasteiger charge is -2.12. The van der Waals surface area contributed by atoms with Crippen molar-refractivity contribution < 1.29 is 13.2 Å². The molecule has 0 spiro atoms. The molecule has 0 atom stereocenters. The summed E-state index contributed by atoms with van der Waals surface area (Å²) in [6.07, 6.45) is -1.66. The molecule has 0 aliphatic carbocycles. The van der Waals surface area contributed by atoms with Gasteiger partial charge in [-0.3, -0.25) is 4.98 Å². The maximum atomic E-state index is 13.9. The van der Waals surface area contributed by atoms with Crippen LogP contribution in [-0.4, -0.2) is 19.7 Å². The molecule has 0 fully saturated rings. The van der Waals surface area contributed by atoms with Crippen molar-refractivity contribution in [2.24, 2.45) is 0 Å². The summed E-state index contributed by atoms with van der Waals surface area (Å²) in [6, 6.07) is 7.09. The van der Waals surface area contributed by atoms with Crippen LogP contribution in [0.2, 0.25) is 15.1 Å². The zero-order valence-corrected chi connectivity index (χ0v) is 16.9. The lowest BCUT2D eigenvalue weighted by atomic mass is 10.1. The summed E-state index contributed by atoms with van der Waals surface area (Å²) in [5.74, 6) is 0. The summed E-state index contributed by atoms with van der Waals surface area (Å²) in [4.78, 5) is 8.39. The van der Waals surface area contributed by atoms with E-state index in [-0.39, 0.29) is 43.2 Å². The first-order valence-electron chi connectivity index (χ1n) is 8.19. The second kappa shape index (κ2) is 7.16. The Bertz CT molecular complexity index is 1210. The average molecular weight is 458 g/mol. The van der Waals surface area contributed by atoms with Crippen molar-refractivity contribution in [3.63, 3.8) is 0 Å². The molecule has 10 heteroatoms. The van der Waals surface area contributed by atoms with Crippen LogP contribution in [-0.2, 0) is 6.18 Å². The number of pyridine rings is 2. The molecule has 3 aromatic heterocycles. The first-order chi connectivity index (χ1) is 13.7. The number of alkyl halides is 3. The molecule has 0 bridgehead atoms. The fraction of sp³-hybridized carbons (Fsp3) is 0.105. The van der Waals surface area contributed by atoms with Gasteiger partial charge in [0, 0.05) is 23.0 Å². The van der Waals surface area contributed by atoms with E-state index in [4.69, 9.17) is 34.8 Å². The van der Waals surface area contributed by atoms with Gasteiger partial charge in [-0.15, -0.1) is 0 Å². The molecule has 4 rings (SSSR count). The minimum atomic E-state index is -4.62. The molecule has 0 unspecified atom stereocenters. The number of benzene rings is 1. The fourth-order valence-electron chi connectivity index (χ4n) is 3.07. The molecular weight excluding hydrogens is 448 g/mol. The number of hydrogen-bond donors (Lipinski definition) is 0. The van der Waals surface area contributed by atoms with Gasteiger partial charge in [0.05, 0.1) is 32.4 Å². The van der Waals surface area contributed by atoms with Gasteiger partial charge in [0.15, 0.2) is 5.65 Å². The Morgan fingerprint density at radius 2 is 1.72 bits per heavy atom. The molecule has 0 radical (unpaired) electrons. The molecule has 0 amide bonds. The van der Waals surface area contributed by atoms with Gasteiger partial charge in [-0.25, -0.2) is 9.67 Å². The lowest BCUT2D eigenvalue weighted by molar-refractivity contribution is -0.136. The largest absolute Gasteiger partial charge is 0.417 e. The van der Waals surface area contributed by atoms with E-state index >= 15 is 0 Å². The van der Waals surface area contributed by atoms with Crippen molar-refractivity contribution in [2.75, 3.05) is 0 Å². The topological polar surface area (TPSA) is 43.6 Å². The minimum Gasteiger partial charge on any atom is -0.264 e. The highest BCUT2D eigenvalue weighted by Gasteiger charge is 2.36. The second-order valence-corrected chi connectivity index (χ2v) is 7.46. The molecule has 0 aliphatic heterocycles. The standard InChI is InChI=1S/C19H10Cl3F3N4/c1-9-16-12(19(23,24)25)7-15(10-3-2-4-26-8-10)27-18(16)29(28-9)17-13(21)5-11(20)6-14(17)22/h2-8H,1H3. The maximum Gasteiger partial charge on any atom is 0.417 e. The van der Waals surface area contributed by atoms with Crippen LogP contribution < -0.4 is 0 Å². The molecule has 4 nitrogen and oxygen atoms in total. The van der Waals surface area contributed by atoms with E-state index in [1.165, 1.54) is 36.1 Å². The van der Waals surface area contributed by atoms with E-state index in [1.807, 2.05) is 0 Å². The first-order valence-corrected chi connectivity index (χ1v) is 9.33. The SMILES string of the molecule is Cc1nn(-c2c(Cl)cc(Cl)cc2Cl)c2nc(-c3cccnc3)cc(C(F)(F)F)c12. The second-order valence-electron chi connectivity index (χ2n) is 6.21. The van der Waals surface area contributed by atoms with Crippen molar-refractivity contribution in [1.82, 2.24) is 19.7 Å². The Morgan fingerprint density at radius 3 is 2.31 bits per heavy atom. The van der Waals surface area contributed by atoms with E-state index in [9.17, 15) is 13.2 Å². The molecule has 148 valence electrons. The quantitative estimate of drug-likeness (QED) is 0.334. The van der Waals surface area contributed by atoms with E-state index in [1.54, 1.807) is 12.1 Å². The fourth-order valence-corrected chi connectivity index (χ4v) is 4.04. The molecule has 0 saturated heterocycles. The van der Waals surface area contributed by atoms with Gasteiger partial charge < -0.3 is 0 Å². The summed E-state index contributed by atoms with van der Waals surface area (Å²) in [7, 11) is 0. The minimum absolute atomic E-state index is 0.0256. The van der Waals surface area contributed by atoms with Crippen LogP contribution in [0.1, 0.15) is 11.3 Å². The molecular formula is C19H10Cl3F3N4. The van der Waals surface area contributed by atoms with Crippen LogP contribution in [0.25, 0.3) is 28.0 Å². The Balaban J connectivity index is 2.12. The molecule has 1 aromatic carbocycles. The van der Waals surface area contributed by atoms with Crippen LogP contribution in [0.3, 0.4) is 0 Å². The number of fused-ring (bicyclic) bond motifs is 1. The lowest BCUT2D eigenvalue weighted by Crippen LogP contribution is -2.08. The highest BCUT2D eigenvalue weighted by atomic mass is 35.5. The van der Waals surface area contributed by atoms with Gasteiger partial charge in [-0.1, -0.05) is 34.8 Å². The van der Waals surface area contributed by atoms with Gasteiger partial charge in [0.2, 0.25) is 0 Å². The van der Waals surface area contributed by atoms with Gasteiger partial charge >= 0.3 is 6.18 Å². The Kier molecular flexibility index (Phi) is 4.93. The monoisotopic (exact) mass is 456 g/mol. The molecule has 3 heterocycles. The number of aromatic nitrogens is 4. The smallest absolute Gasteiger partial charge is 0.264 e. The van der Waals surface area contributed by atoms with Crippen LogP contribution in [0, 0.1) is 6.92 Å². The molecule has 0 N–H and O–H groups in total. The van der Waals surface area contributed by atoms with Gasteiger partial charge in [0.1, 0.15) is 5.69 Å². The highest BCUT2D eigenvalue weighted by Crippen LogP contribution is 2.40. The molecule has 29 heavy (non-hydrogen) atoms. The number of nitrogens with zero attached hydrogens (tertiary/aromatic N) is 4. The normalized spacial score (nSPS) is 12.0. The average Bonchev–Trinajstić information content (AvgIpc) is 2.96. The van der Waals surface area contributed by atoms with E-state index in [2.05, 4.69) is 15.1 Å². The Labute approximate surface area is 177 Å². The summed E-state index contributed by atoms with van der Waals surface area (Å²) in [5, 5.41) is 4.67. The number of aryl methyl sites for hydroxylation is 1. The first kappa shape index (κ1) is 19.9. The summed E-state index contributed by atoms with van der Waals surface area (Å²) in [5.41, 5.74) is -0.0214. The van der Waals surface area contributed by atoms with Crippen LogP contribution in [0.15, 0.2) is 42.7 Å². The summed E-state index contributed by atoms with van der Waals surface area (Å²) >= 11 is 18.5. The van der Waals surface area contributed by atoms with Crippen molar-refractivity contribution in [3.05, 3.63) is 69.1 Å². The highest BCUT2D eigenvalue weighted by molar-refractivity contribution is 6.40. The third-order valence-electron chi connectivity index (χ3n) is 4.27. The van der Waals surface area contributed by atoms with Crippen LogP contribution in [0.4, 0.5) is 13.2 Å². The number of rotatable bonds is 2. The number of hydrogen-bond acceptors (Lipinski definition) is 3. The van der Waals surface area contributed by atoms with Crippen molar-refractivity contribution in [2.45, 2.75) is 13.1 Å². The zero-order chi connectivity index (χ0) is 20.9. The van der Waals surface area contributed by atoms with Crippen LogP contribution in [0.5, 0.6) is 0 Å². The molecule has 0 saturated carbocycles. The Hall–Kier alpha value is -2.35. The molecule has 0 aliphatic rings. The van der Waals surface area contributed by atoms with E-state index in [0.29, 0.717) is 5.56 Å². The third-order valence-corrected chi connectivity index (χ3v) is 5.06.